The summed E-state index contributed by atoms with van der Waals surface area (Å²) in [7, 11) is 1.58. The summed E-state index contributed by atoms with van der Waals surface area (Å²) in [5.74, 6) is 0.706. The average Bonchev–Trinajstić information content (AvgIpc) is 2.16. The van der Waals surface area contributed by atoms with Gasteiger partial charge in [0.2, 0.25) is 0 Å². The number of hydrogen-bond donors (Lipinski definition) is 1. The molecule has 0 aromatic heterocycles. The number of hydrogen-bond acceptors (Lipinski definition) is 2. The molecule has 1 rings (SSSR count). The van der Waals surface area contributed by atoms with Crippen molar-refractivity contribution in [3.05, 3.63) is 28.8 Å². The van der Waals surface area contributed by atoms with Crippen molar-refractivity contribution >= 4 is 11.6 Å². The smallest absolute Gasteiger partial charge is 0.120 e. The van der Waals surface area contributed by atoms with Crippen LogP contribution in [0.2, 0.25) is 5.02 Å². The third-order valence-electron chi connectivity index (χ3n) is 1.95. The number of benzene rings is 1. The first-order valence-corrected chi connectivity index (χ1v) is 4.58. The van der Waals surface area contributed by atoms with Gasteiger partial charge in [-0.25, -0.2) is 0 Å². The maximum atomic E-state index is 9.55. The molecule has 1 aromatic carbocycles. The van der Waals surface area contributed by atoms with Gasteiger partial charge in [-0.15, -0.1) is 0 Å². The van der Waals surface area contributed by atoms with E-state index in [4.69, 9.17) is 16.3 Å². The fourth-order valence-corrected chi connectivity index (χ4v) is 1.42. The summed E-state index contributed by atoms with van der Waals surface area (Å²) < 4.78 is 5.00. The molecule has 0 radical (unpaired) electrons. The molecule has 3 heteroatoms. The largest absolute Gasteiger partial charge is 0.497 e. The molecule has 72 valence electrons. The highest BCUT2D eigenvalue weighted by molar-refractivity contribution is 6.31. The van der Waals surface area contributed by atoms with Crippen molar-refractivity contribution in [3.8, 4) is 5.75 Å². The highest BCUT2D eigenvalue weighted by atomic mass is 35.5. The molecule has 0 saturated carbocycles. The Labute approximate surface area is 83.1 Å². The van der Waals surface area contributed by atoms with Gasteiger partial charge in [0.25, 0.3) is 0 Å². The van der Waals surface area contributed by atoms with Gasteiger partial charge >= 0.3 is 0 Å². The number of aliphatic hydroxyl groups is 1. The van der Waals surface area contributed by atoms with E-state index in [1.54, 1.807) is 25.3 Å². The van der Waals surface area contributed by atoms with Crippen LogP contribution >= 0.6 is 11.6 Å². The number of rotatable bonds is 3. The molecule has 0 saturated heterocycles. The zero-order chi connectivity index (χ0) is 9.84. The van der Waals surface area contributed by atoms with Crippen LogP contribution in [0.15, 0.2) is 18.2 Å². The number of methoxy groups -OCH3 is 1. The fraction of sp³-hybridized carbons (Fsp3) is 0.400. The molecule has 2 nitrogen and oxygen atoms in total. The summed E-state index contributed by atoms with van der Waals surface area (Å²) in [6.07, 6.45) is 0.171. The van der Waals surface area contributed by atoms with Gasteiger partial charge in [-0.3, -0.25) is 0 Å². The van der Waals surface area contributed by atoms with Gasteiger partial charge in [-0.1, -0.05) is 24.6 Å². The summed E-state index contributed by atoms with van der Waals surface area (Å²) in [4.78, 5) is 0. The maximum Gasteiger partial charge on any atom is 0.120 e. The summed E-state index contributed by atoms with van der Waals surface area (Å²) in [6, 6.07) is 5.28. The molecule has 0 bridgehead atoms. The molecule has 1 atom stereocenters. The fourth-order valence-electron chi connectivity index (χ4n) is 1.12. The van der Waals surface area contributed by atoms with Crippen molar-refractivity contribution in [1.29, 1.82) is 0 Å². The van der Waals surface area contributed by atoms with Crippen molar-refractivity contribution in [3.63, 3.8) is 0 Å². The second-order valence-corrected chi connectivity index (χ2v) is 3.22. The number of ether oxygens (including phenoxy) is 1. The highest BCUT2D eigenvalue weighted by Gasteiger charge is 2.09. The Bertz CT molecular complexity index is 286. The minimum atomic E-state index is -0.488. The SMILES string of the molecule is CC[C@@H](O)c1ccc(OC)cc1Cl. The predicted octanol–water partition coefficient (Wildman–Crippen LogP) is 2.79. The van der Waals surface area contributed by atoms with E-state index >= 15 is 0 Å². The van der Waals surface area contributed by atoms with Crippen LogP contribution in [-0.2, 0) is 0 Å². The van der Waals surface area contributed by atoms with Crippen LogP contribution in [0.25, 0.3) is 0 Å². The van der Waals surface area contributed by atoms with Crippen LogP contribution in [0.4, 0.5) is 0 Å². The standard InChI is InChI=1S/C10H13ClO2/c1-3-10(12)8-5-4-7(13-2)6-9(8)11/h4-6,10,12H,3H2,1-2H3/t10-/m1/s1. The van der Waals surface area contributed by atoms with E-state index in [0.29, 0.717) is 17.2 Å². The molecule has 0 amide bonds. The van der Waals surface area contributed by atoms with Gasteiger partial charge in [-0.2, -0.15) is 0 Å². The summed E-state index contributed by atoms with van der Waals surface area (Å²) >= 11 is 5.94. The summed E-state index contributed by atoms with van der Waals surface area (Å²) in [5, 5.41) is 10.1. The zero-order valence-electron chi connectivity index (χ0n) is 7.75. The van der Waals surface area contributed by atoms with Crippen LogP contribution in [-0.4, -0.2) is 12.2 Å². The Morgan fingerprint density at radius 2 is 2.23 bits per heavy atom. The van der Waals surface area contributed by atoms with Gasteiger partial charge in [0.1, 0.15) is 5.75 Å². The molecule has 0 spiro atoms. The minimum Gasteiger partial charge on any atom is -0.497 e. The Hall–Kier alpha value is -0.730. The lowest BCUT2D eigenvalue weighted by Crippen LogP contribution is -1.96. The third-order valence-corrected chi connectivity index (χ3v) is 2.28. The van der Waals surface area contributed by atoms with Gasteiger partial charge in [-0.05, 0) is 24.1 Å². The Morgan fingerprint density at radius 1 is 1.54 bits per heavy atom. The predicted molar refractivity (Wildman–Crippen MR) is 53.3 cm³/mol. The van der Waals surface area contributed by atoms with Crippen molar-refractivity contribution in [1.82, 2.24) is 0 Å². The maximum absolute atomic E-state index is 9.55. The van der Waals surface area contributed by atoms with E-state index in [0.717, 1.165) is 5.56 Å². The zero-order valence-corrected chi connectivity index (χ0v) is 8.51. The first-order chi connectivity index (χ1) is 6.19. The van der Waals surface area contributed by atoms with Crippen molar-refractivity contribution in [2.45, 2.75) is 19.4 Å². The molecule has 0 heterocycles. The van der Waals surface area contributed by atoms with Crippen LogP contribution < -0.4 is 4.74 Å². The highest BCUT2D eigenvalue weighted by Crippen LogP contribution is 2.28. The first kappa shape index (κ1) is 10.4. The van der Waals surface area contributed by atoms with Gasteiger partial charge in [0.05, 0.1) is 18.2 Å². The molecule has 0 aliphatic carbocycles. The van der Waals surface area contributed by atoms with Crippen molar-refractivity contribution in [2.24, 2.45) is 0 Å². The molecule has 1 N–H and O–H groups in total. The van der Waals surface area contributed by atoms with Crippen molar-refractivity contribution < 1.29 is 9.84 Å². The second-order valence-electron chi connectivity index (χ2n) is 2.81. The van der Waals surface area contributed by atoms with Crippen LogP contribution in [0, 0.1) is 0 Å². The monoisotopic (exact) mass is 200 g/mol. The Morgan fingerprint density at radius 3 is 2.69 bits per heavy atom. The van der Waals surface area contributed by atoms with E-state index in [1.807, 2.05) is 6.92 Å². The molecule has 0 aliphatic rings. The molecular weight excluding hydrogens is 188 g/mol. The average molecular weight is 201 g/mol. The van der Waals surface area contributed by atoms with E-state index in [9.17, 15) is 5.11 Å². The minimum absolute atomic E-state index is 0.488. The van der Waals surface area contributed by atoms with Gasteiger partial charge in [0.15, 0.2) is 0 Å². The lowest BCUT2D eigenvalue weighted by molar-refractivity contribution is 0.173. The quantitative estimate of drug-likeness (QED) is 0.813. The number of halogens is 1. The van der Waals surface area contributed by atoms with Crippen LogP contribution in [0.5, 0.6) is 5.75 Å². The number of aliphatic hydroxyl groups excluding tert-OH is 1. The Kier molecular flexibility index (Phi) is 3.58. The molecule has 0 aliphatic heterocycles. The van der Waals surface area contributed by atoms with Crippen molar-refractivity contribution in [2.75, 3.05) is 7.11 Å². The van der Waals surface area contributed by atoms with Gasteiger partial charge in [0, 0.05) is 0 Å². The van der Waals surface area contributed by atoms with E-state index < -0.39 is 6.10 Å². The summed E-state index contributed by atoms with van der Waals surface area (Å²) in [6.45, 7) is 1.91. The van der Waals surface area contributed by atoms with Gasteiger partial charge < -0.3 is 9.84 Å². The lowest BCUT2D eigenvalue weighted by atomic mass is 10.1. The van der Waals surface area contributed by atoms with E-state index in [-0.39, 0.29) is 0 Å². The normalized spacial score (nSPS) is 12.6. The molecule has 1 aromatic rings. The Balaban J connectivity index is 2.98. The summed E-state index contributed by atoms with van der Waals surface area (Å²) in [5.41, 5.74) is 0.755. The molecule has 0 fully saturated rings. The van der Waals surface area contributed by atoms with Crippen LogP contribution in [0.1, 0.15) is 25.0 Å². The lowest BCUT2D eigenvalue weighted by Gasteiger charge is -2.10. The van der Waals surface area contributed by atoms with Crippen LogP contribution in [0.3, 0.4) is 0 Å². The molecule has 13 heavy (non-hydrogen) atoms. The second kappa shape index (κ2) is 4.49. The van der Waals surface area contributed by atoms with E-state index in [2.05, 4.69) is 0 Å². The first-order valence-electron chi connectivity index (χ1n) is 4.20. The molecular formula is C10H13ClO2. The molecule has 0 unspecified atom stereocenters. The topological polar surface area (TPSA) is 29.5 Å². The third kappa shape index (κ3) is 2.36. The van der Waals surface area contributed by atoms with E-state index in [1.165, 1.54) is 0 Å².